The number of nitrogens with one attached hydrogen (secondary N) is 1. The number of unbranched alkanes of at least 4 members (excludes halogenated alkanes) is 1. The molecule has 4 N–H and O–H groups in total. The van der Waals surface area contributed by atoms with Crippen LogP contribution in [0.5, 0.6) is 0 Å². The summed E-state index contributed by atoms with van der Waals surface area (Å²) in [6, 6.07) is -0.427. The van der Waals surface area contributed by atoms with Crippen molar-refractivity contribution in [2.75, 3.05) is 6.61 Å². The van der Waals surface area contributed by atoms with Gasteiger partial charge >= 0.3 is 0 Å². The fourth-order valence-electron chi connectivity index (χ4n) is 1.79. The van der Waals surface area contributed by atoms with Crippen LogP contribution in [-0.2, 0) is 0 Å². The first-order valence-corrected chi connectivity index (χ1v) is 4.93. The van der Waals surface area contributed by atoms with Crippen LogP contribution in [0.25, 0.3) is 0 Å². The van der Waals surface area contributed by atoms with Gasteiger partial charge in [-0.15, -0.1) is 0 Å². The summed E-state index contributed by atoms with van der Waals surface area (Å²) in [5.74, 6) is 0. The summed E-state index contributed by atoms with van der Waals surface area (Å²) in [5, 5.41) is 30.9. The van der Waals surface area contributed by atoms with E-state index in [1.165, 1.54) is 0 Å². The molecule has 1 fully saturated rings. The number of rotatable bonds is 4. The fraction of sp³-hybridized carbons (Fsp3) is 1.00. The third-order valence-electron chi connectivity index (χ3n) is 2.67. The normalized spacial score (nSPS) is 39.7. The molecule has 0 aromatic rings. The molecular weight excluding hydrogens is 170 g/mol. The molecule has 1 aliphatic rings. The summed E-state index contributed by atoms with van der Waals surface area (Å²) in [6.07, 6.45) is 1.39. The van der Waals surface area contributed by atoms with E-state index in [1.807, 2.05) is 0 Å². The molecule has 1 heterocycles. The average Bonchev–Trinajstić information content (AvgIpc) is 2.41. The van der Waals surface area contributed by atoms with Gasteiger partial charge in [-0.2, -0.15) is 0 Å². The Bertz CT molecular complexity index is 154. The zero-order valence-electron chi connectivity index (χ0n) is 7.98. The van der Waals surface area contributed by atoms with Crippen LogP contribution in [0.15, 0.2) is 0 Å². The molecule has 0 bridgehead atoms. The Morgan fingerprint density at radius 1 is 1.15 bits per heavy atom. The van der Waals surface area contributed by atoms with Gasteiger partial charge in [0.05, 0.1) is 24.9 Å². The van der Waals surface area contributed by atoms with Crippen molar-refractivity contribution in [2.45, 2.75) is 50.5 Å². The Labute approximate surface area is 78.6 Å². The lowest BCUT2D eigenvalue weighted by molar-refractivity contribution is 0.0186. The van der Waals surface area contributed by atoms with Crippen LogP contribution in [0.2, 0.25) is 0 Å². The quantitative estimate of drug-likeness (QED) is 0.468. The topological polar surface area (TPSA) is 72.7 Å². The molecule has 0 saturated carbocycles. The predicted octanol–water partition coefficient (Wildman–Crippen LogP) is -0.769. The Kier molecular flexibility index (Phi) is 4.12. The van der Waals surface area contributed by atoms with E-state index in [0.717, 1.165) is 19.3 Å². The Morgan fingerprint density at radius 3 is 2.23 bits per heavy atom. The molecule has 78 valence electrons. The van der Waals surface area contributed by atoms with E-state index in [2.05, 4.69) is 12.2 Å². The maximum Gasteiger partial charge on any atom is 0.0989 e. The molecule has 0 spiro atoms. The molecule has 1 saturated heterocycles. The highest BCUT2D eigenvalue weighted by molar-refractivity contribution is 4.97. The number of aliphatic hydroxyl groups excluding tert-OH is 3. The van der Waals surface area contributed by atoms with Crippen molar-refractivity contribution in [2.24, 2.45) is 0 Å². The first-order valence-electron chi connectivity index (χ1n) is 4.93. The van der Waals surface area contributed by atoms with Gasteiger partial charge in [0.25, 0.3) is 0 Å². The summed E-state index contributed by atoms with van der Waals surface area (Å²) in [5.41, 5.74) is 0. The summed E-state index contributed by atoms with van der Waals surface area (Å²) < 4.78 is 0. The van der Waals surface area contributed by atoms with Gasteiger partial charge in [-0.3, -0.25) is 0 Å². The first-order chi connectivity index (χ1) is 6.20. The van der Waals surface area contributed by atoms with Gasteiger partial charge in [0.15, 0.2) is 0 Å². The molecule has 0 aromatic carbocycles. The molecule has 4 heteroatoms. The highest BCUT2D eigenvalue weighted by Crippen LogP contribution is 2.18. The molecule has 0 radical (unpaired) electrons. The second-order valence-electron chi connectivity index (χ2n) is 3.69. The Hall–Kier alpha value is -0.160. The van der Waals surface area contributed by atoms with E-state index < -0.39 is 12.2 Å². The highest BCUT2D eigenvalue weighted by Gasteiger charge is 2.39. The van der Waals surface area contributed by atoms with E-state index in [4.69, 9.17) is 5.11 Å². The number of hydrogen-bond donors (Lipinski definition) is 4. The molecule has 0 unspecified atom stereocenters. The van der Waals surface area contributed by atoms with Crippen LogP contribution >= 0.6 is 0 Å². The molecule has 4 nitrogen and oxygen atoms in total. The summed E-state index contributed by atoms with van der Waals surface area (Å²) in [4.78, 5) is 0. The predicted molar refractivity (Wildman–Crippen MR) is 49.3 cm³/mol. The lowest BCUT2D eigenvalue weighted by Crippen LogP contribution is -2.36. The lowest BCUT2D eigenvalue weighted by Gasteiger charge is -2.14. The largest absolute Gasteiger partial charge is 0.395 e. The van der Waals surface area contributed by atoms with Crippen molar-refractivity contribution in [3.63, 3.8) is 0 Å². The molecular formula is C9H19NO3. The average molecular weight is 189 g/mol. The third kappa shape index (κ3) is 2.40. The van der Waals surface area contributed by atoms with Crippen LogP contribution in [0, 0.1) is 0 Å². The summed E-state index contributed by atoms with van der Waals surface area (Å²) in [7, 11) is 0. The first kappa shape index (κ1) is 10.9. The van der Waals surface area contributed by atoms with Gasteiger partial charge in [-0.05, 0) is 6.42 Å². The zero-order chi connectivity index (χ0) is 9.84. The van der Waals surface area contributed by atoms with E-state index in [0.29, 0.717) is 0 Å². The van der Waals surface area contributed by atoms with Crippen LogP contribution in [0.3, 0.4) is 0 Å². The van der Waals surface area contributed by atoms with Gasteiger partial charge in [0.2, 0.25) is 0 Å². The molecule has 4 atom stereocenters. The second kappa shape index (κ2) is 4.91. The minimum atomic E-state index is -0.827. The zero-order valence-corrected chi connectivity index (χ0v) is 7.98. The standard InChI is InChI=1S/C9H19NO3/c1-2-3-4-6-8(12)9(13)7(5-11)10-6/h6-13H,2-5H2,1H3/t6-,7+,8-,9+/m1/s1. The maximum atomic E-state index is 9.56. The number of aliphatic hydroxyl groups is 3. The molecule has 13 heavy (non-hydrogen) atoms. The van der Waals surface area contributed by atoms with Gasteiger partial charge < -0.3 is 20.6 Å². The highest BCUT2D eigenvalue weighted by atomic mass is 16.3. The minimum absolute atomic E-state index is 0.0629. The number of hydrogen-bond acceptors (Lipinski definition) is 4. The molecule has 0 aliphatic carbocycles. The van der Waals surface area contributed by atoms with E-state index in [9.17, 15) is 10.2 Å². The third-order valence-corrected chi connectivity index (χ3v) is 2.67. The van der Waals surface area contributed by atoms with Crippen LogP contribution < -0.4 is 5.32 Å². The van der Waals surface area contributed by atoms with E-state index in [-0.39, 0.29) is 18.7 Å². The molecule has 0 aromatic heterocycles. The maximum absolute atomic E-state index is 9.56. The molecule has 1 aliphatic heterocycles. The van der Waals surface area contributed by atoms with Crippen molar-refractivity contribution in [3.05, 3.63) is 0 Å². The smallest absolute Gasteiger partial charge is 0.0989 e. The minimum Gasteiger partial charge on any atom is -0.395 e. The SMILES string of the molecule is CCCC[C@H]1N[C@@H](CO)[C@H](O)[C@@H]1O. The van der Waals surface area contributed by atoms with Crippen molar-refractivity contribution in [3.8, 4) is 0 Å². The second-order valence-corrected chi connectivity index (χ2v) is 3.69. The summed E-state index contributed by atoms with van der Waals surface area (Å²) in [6.45, 7) is 1.96. The van der Waals surface area contributed by atoms with Crippen molar-refractivity contribution < 1.29 is 15.3 Å². The van der Waals surface area contributed by atoms with Crippen molar-refractivity contribution in [1.29, 1.82) is 0 Å². The lowest BCUT2D eigenvalue weighted by atomic mass is 10.0. The fourth-order valence-corrected chi connectivity index (χ4v) is 1.79. The van der Waals surface area contributed by atoms with Gasteiger partial charge in [-0.1, -0.05) is 19.8 Å². The van der Waals surface area contributed by atoms with Gasteiger partial charge in [-0.25, -0.2) is 0 Å². The van der Waals surface area contributed by atoms with Gasteiger partial charge in [0.1, 0.15) is 0 Å². The molecule has 1 rings (SSSR count). The molecule has 0 amide bonds. The van der Waals surface area contributed by atoms with Crippen LogP contribution in [0.4, 0.5) is 0 Å². The van der Waals surface area contributed by atoms with Crippen molar-refractivity contribution >= 4 is 0 Å². The monoisotopic (exact) mass is 189 g/mol. The summed E-state index contributed by atoms with van der Waals surface area (Å²) >= 11 is 0. The van der Waals surface area contributed by atoms with E-state index in [1.54, 1.807) is 0 Å². The van der Waals surface area contributed by atoms with E-state index >= 15 is 0 Å². The van der Waals surface area contributed by atoms with Crippen LogP contribution in [-0.4, -0.2) is 46.2 Å². The van der Waals surface area contributed by atoms with Crippen LogP contribution in [0.1, 0.15) is 26.2 Å². The van der Waals surface area contributed by atoms with Gasteiger partial charge in [0, 0.05) is 6.04 Å². The Balaban J connectivity index is 2.40. The van der Waals surface area contributed by atoms with Crippen molar-refractivity contribution in [1.82, 2.24) is 5.32 Å². The Morgan fingerprint density at radius 2 is 1.77 bits per heavy atom.